The Morgan fingerprint density at radius 2 is 1.27 bits per heavy atom. The van der Waals surface area contributed by atoms with Gasteiger partial charge in [0.05, 0.1) is 0 Å². The van der Waals surface area contributed by atoms with Crippen LogP contribution in [0.15, 0.2) is 66.7 Å². The first kappa shape index (κ1) is 26.6. The second-order valence-electron chi connectivity index (χ2n) is 6.42. The molecular formula is C26H32O4. The number of carbonyl (C=O) groups excluding carboxylic acids is 2. The molecule has 30 heavy (non-hydrogen) atoms. The topological polar surface area (TPSA) is 74.6 Å². The Hall–Kier alpha value is -3.40. The Morgan fingerprint density at radius 1 is 0.767 bits per heavy atom. The van der Waals surface area contributed by atoms with E-state index in [2.05, 4.69) is 0 Å². The summed E-state index contributed by atoms with van der Waals surface area (Å²) in [6.45, 7) is 11.4. The maximum Gasteiger partial charge on any atom is 0.159 e. The van der Waals surface area contributed by atoms with Crippen molar-refractivity contribution in [2.24, 2.45) is 0 Å². The van der Waals surface area contributed by atoms with Crippen LogP contribution >= 0.6 is 0 Å². The highest BCUT2D eigenvalue weighted by atomic mass is 16.3. The highest BCUT2D eigenvalue weighted by Crippen LogP contribution is 2.15. The second-order valence-corrected chi connectivity index (χ2v) is 6.42. The quantitative estimate of drug-likeness (QED) is 0.378. The molecule has 0 aliphatic heterocycles. The number of Topliss-reactive ketones (excluding diaryl/α,β-unsaturated/α-hetero) is 1. The number of carbonyl (C=O) groups is 2. The molecule has 0 aliphatic carbocycles. The van der Waals surface area contributed by atoms with Crippen molar-refractivity contribution >= 4 is 12.1 Å². The standard InChI is InChI=1S/C8H8O2.C8H10O.C8H8O.C2H6/c1-6(9)7-2-4-8(10)5-3-7;1-6-3-4-8(9)7(2)5-6;1-7-2-4-8(6-9)5-3-7;1-2/h2-5,10H,1H3;3-5,9H,1-2H3;2-6H,1H3;1-2H3. The number of ketones is 1. The minimum Gasteiger partial charge on any atom is -0.508 e. The molecule has 0 fully saturated rings. The van der Waals surface area contributed by atoms with Crippen LogP contribution in [0, 0.1) is 20.8 Å². The van der Waals surface area contributed by atoms with Gasteiger partial charge in [0, 0.05) is 11.1 Å². The van der Waals surface area contributed by atoms with Crippen LogP contribution in [0.1, 0.15) is 58.2 Å². The van der Waals surface area contributed by atoms with Crippen LogP contribution in [0.4, 0.5) is 0 Å². The van der Waals surface area contributed by atoms with E-state index in [1.807, 2.05) is 71.0 Å². The lowest BCUT2D eigenvalue weighted by Crippen LogP contribution is -1.89. The molecule has 0 radical (unpaired) electrons. The van der Waals surface area contributed by atoms with E-state index in [9.17, 15) is 9.59 Å². The van der Waals surface area contributed by atoms with Crippen molar-refractivity contribution in [3.05, 3.63) is 94.5 Å². The molecule has 0 aromatic heterocycles. The fraction of sp³-hybridized carbons (Fsp3) is 0.231. The third-order valence-electron chi connectivity index (χ3n) is 3.84. The Kier molecular flexibility index (Phi) is 12.9. The van der Waals surface area contributed by atoms with Crippen molar-refractivity contribution in [2.75, 3.05) is 0 Å². The van der Waals surface area contributed by atoms with Gasteiger partial charge in [-0.2, -0.15) is 0 Å². The molecule has 0 aliphatic rings. The van der Waals surface area contributed by atoms with E-state index >= 15 is 0 Å². The lowest BCUT2D eigenvalue weighted by Gasteiger charge is -1.97. The molecule has 0 saturated carbocycles. The maximum atomic E-state index is 10.7. The molecule has 0 unspecified atom stereocenters. The summed E-state index contributed by atoms with van der Waals surface area (Å²) in [7, 11) is 0. The van der Waals surface area contributed by atoms with E-state index in [-0.39, 0.29) is 11.5 Å². The number of phenolic OH excluding ortho intramolecular Hbond substituents is 2. The van der Waals surface area contributed by atoms with E-state index in [0.717, 1.165) is 17.4 Å². The average molecular weight is 409 g/mol. The normalized spacial score (nSPS) is 8.87. The predicted octanol–water partition coefficient (Wildman–Crippen LogP) is 6.44. The lowest BCUT2D eigenvalue weighted by atomic mass is 10.1. The molecule has 3 aromatic rings. The van der Waals surface area contributed by atoms with E-state index < -0.39 is 0 Å². The van der Waals surface area contributed by atoms with Crippen molar-refractivity contribution < 1.29 is 19.8 Å². The Labute approximate surface area is 179 Å². The summed E-state index contributed by atoms with van der Waals surface area (Å²) >= 11 is 0. The first-order valence-electron chi connectivity index (χ1n) is 9.81. The first-order valence-corrected chi connectivity index (χ1v) is 9.81. The van der Waals surface area contributed by atoms with Crippen LogP contribution in [0.2, 0.25) is 0 Å². The van der Waals surface area contributed by atoms with Crippen molar-refractivity contribution in [3.63, 3.8) is 0 Å². The highest BCUT2D eigenvalue weighted by Gasteiger charge is 1.96. The Morgan fingerprint density at radius 3 is 1.67 bits per heavy atom. The van der Waals surface area contributed by atoms with Crippen LogP contribution in [-0.2, 0) is 0 Å². The predicted molar refractivity (Wildman–Crippen MR) is 124 cm³/mol. The van der Waals surface area contributed by atoms with Gasteiger partial charge in [0.2, 0.25) is 0 Å². The number of phenols is 2. The number of aromatic hydroxyl groups is 2. The van der Waals surface area contributed by atoms with Crippen molar-refractivity contribution in [1.82, 2.24) is 0 Å². The molecule has 0 saturated heterocycles. The minimum atomic E-state index is 0.0139. The third-order valence-corrected chi connectivity index (χ3v) is 3.84. The summed E-state index contributed by atoms with van der Waals surface area (Å²) in [5.74, 6) is 0.575. The van der Waals surface area contributed by atoms with Gasteiger partial charge in [0.1, 0.15) is 17.8 Å². The zero-order valence-corrected chi connectivity index (χ0v) is 18.6. The second kappa shape index (κ2) is 14.6. The molecule has 4 heteroatoms. The van der Waals surface area contributed by atoms with Crippen LogP contribution in [0.3, 0.4) is 0 Å². The number of rotatable bonds is 2. The van der Waals surface area contributed by atoms with Gasteiger partial charge in [0.25, 0.3) is 0 Å². The highest BCUT2D eigenvalue weighted by molar-refractivity contribution is 5.94. The van der Waals surface area contributed by atoms with Gasteiger partial charge in [-0.25, -0.2) is 0 Å². The first-order chi connectivity index (χ1) is 14.2. The van der Waals surface area contributed by atoms with E-state index in [4.69, 9.17) is 10.2 Å². The molecule has 0 bridgehead atoms. The number of hydrogen-bond donors (Lipinski definition) is 2. The summed E-state index contributed by atoms with van der Waals surface area (Å²) in [5, 5.41) is 17.9. The van der Waals surface area contributed by atoms with E-state index in [1.54, 1.807) is 18.2 Å². The van der Waals surface area contributed by atoms with Crippen LogP contribution in [0.5, 0.6) is 11.5 Å². The van der Waals surface area contributed by atoms with E-state index in [0.29, 0.717) is 11.3 Å². The molecule has 160 valence electrons. The maximum absolute atomic E-state index is 10.7. The Balaban J connectivity index is 0.000000404. The zero-order chi connectivity index (χ0) is 23.1. The van der Waals surface area contributed by atoms with Crippen molar-refractivity contribution in [2.45, 2.75) is 41.5 Å². The van der Waals surface area contributed by atoms with Gasteiger partial charge in [-0.1, -0.05) is 61.4 Å². The zero-order valence-electron chi connectivity index (χ0n) is 18.6. The minimum absolute atomic E-state index is 0.0139. The number of benzene rings is 3. The number of aryl methyl sites for hydroxylation is 3. The third kappa shape index (κ3) is 10.8. The molecule has 3 rings (SSSR count). The summed E-state index contributed by atoms with van der Waals surface area (Å²) in [6.07, 6.45) is 0.847. The molecule has 4 nitrogen and oxygen atoms in total. The van der Waals surface area contributed by atoms with Gasteiger partial charge in [-0.05, 0) is 63.6 Å². The van der Waals surface area contributed by atoms with Crippen LogP contribution in [0.25, 0.3) is 0 Å². The van der Waals surface area contributed by atoms with Crippen molar-refractivity contribution in [3.8, 4) is 11.5 Å². The Bertz CT molecular complexity index is 895. The summed E-state index contributed by atoms with van der Waals surface area (Å²) in [6, 6.07) is 19.2. The summed E-state index contributed by atoms with van der Waals surface area (Å²) in [5.41, 5.74) is 4.67. The van der Waals surface area contributed by atoms with Gasteiger partial charge < -0.3 is 10.2 Å². The smallest absolute Gasteiger partial charge is 0.159 e. The average Bonchev–Trinajstić information content (AvgIpc) is 2.74. The van der Waals surface area contributed by atoms with Crippen LogP contribution < -0.4 is 0 Å². The monoisotopic (exact) mass is 408 g/mol. The fourth-order valence-corrected chi connectivity index (χ4v) is 2.15. The summed E-state index contributed by atoms with van der Waals surface area (Å²) < 4.78 is 0. The summed E-state index contributed by atoms with van der Waals surface area (Å²) in [4.78, 5) is 20.8. The van der Waals surface area contributed by atoms with Gasteiger partial charge >= 0.3 is 0 Å². The largest absolute Gasteiger partial charge is 0.508 e. The number of hydrogen-bond acceptors (Lipinski definition) is 4. The molecular weight excluding hydrogens is 376 g/mol. The molecule has 0 spiro atoms. The molecule has 0 amide bonds. The molecule has 0 atom stereocenters. The van der Waals surface area contributed by atoms with Crippen LogP contribution in [-0.4, -0.2) is 22.3 Å². The van der Waals surface area contributed by atoms with Gasteiger partial charge in [-0.15, -0.1) is 0 Å². The van der Waals surface area contributed by atoms with Crippen molar-refractivity contribution in [1.29, 1.82) is 0 Å². The fourth-order valence-electron chi connectivity index (χ4n) is 2.15. The molecule has 2 N–H and O–H groups in total. The number of aldehydes is 1. The lowest BCUT2D eigenvalue weighted by molar-refractivity contribution is 0.101. The van der Waals surface area contributed by atoms with Gasteiger partial charge in [0.15, 0.2) is 5.78 Å². The SMILES string of the molecule is CC.CC(=O)c1ccc(O)cc1.Cc1ccc(C=O)cc1.Cc1ccc(O)c(C)c1. The molecule has 3 aromatic carbocycles. The van der Waals surface area contributed by atoms with E-state index in [1.165, 1.54) is 30.2 Å². The van der Waals surface area contributed by atoms with Gasteiger partial charge in [-0.3, -0.25) is 9.59 Å². The molecule has 0 heterocycles.